The highest BCUT2D eigenvalue weighted by molar-refractivity contribution is 7.26. The molecule has 0 atom stereocenters. The number of hydrogen-bond acceptors (Lipinski definition) is 3. The second kappa shape index (κ2) is 12.5. The fourth-order valence-electron chi connectivity index (χ4n) is 9.49. The van der Waals surface area contributed by atoms with Crippen molar-refractivity contribution in [1.29, 1.82) is 0 Å². The molecule has 0 aliphatic carbocycles. The molecule has 12 rings (SSSR count). The van der Waals surface area contributed by atoms with E-state index in [1.165, 1.54) is 63.1 Å². The van der Waals surface area contributed by atoms with Gasteiger partial charge in [-0.15, -0.1) is 11.3 Å². The van der Waals surface area contributed by atoms with Gasteiger partial charge in [-0.3, -0.25) is 0 Å². The van der Waals surface area contributed by atoms with E-state index >= 15 is 0 Å². The van der Waals surface area contributed by atoms with E-state index in [0.717, 1.165) is 39.2 Å². The van der Waals surface area contributed by atoms with Crippen LogP contribution in [0.4, 0.5) is 0 Å². The molecule has 0 saturated heterocycles. The van der Waals surface area contributed by atoms with E-state index in [9.17, 15) is 0 Å². The minimum absolute atomic E-state index is 0.735. The summed E-state index contributed by atoms with van der Waals surface area (Å²) in [6.45, 7) is 0. The zero-order valence-electron chi connectivity index (χ0n) is 30.8. The zero-order chi connectivity index (χ0) is 37.5. The molecule has 0 unspecified atom stereocenters. The molecule has 4 heterocycles. The summed E-state index contributed by atoms with van der Waals surface area (Å²) >= 11 is 1.88. The summed E-state index contributed by atoms with van der Waals surface area (Å²) in [6, 6.07) is 72.9. The van der Waals surface area contributed by atoms with Crippen molar-refractivity contribution in [2.45, 2.75) is 0 Å². The summed E-state index contributed by atoms with van der Waals surface area (Å²) in [5, 5.41) is 10.2. The summed E-state index contributed by atoms with van der Waals surface area (Å²) in [7, 11) is -2.90. The van der Waals surface area contributed by atoms with Gasteiger partial charge in [-0.1, -0.05) is 176 Å². The molecule has 11 aromatic rings. The Hall–Kier alpha value is -6.92. The van der Waals surface area contributed by atoms with Gasteiger partial charge < -0.3 is 4.57 Å². The lowest BCUT2D eigenvalue weighted by Crippen LogP contribution is -2.73. The highest BCUT2D eigenvalue weighted by Crippen LogP contribution is 2.43. The first kappa shape index (κ1) is 32.3. The lowest BCUT2D eigenvalue weighted by molar-refractivity contribution is 1.17. The molecule has 0 fully saturated rings. The Morgan fingerprint density at radius 3 is 1.89 bits per heavy atom. The fraction of sp³-hybridized carbons (Fsp3) is 0. The van der Waals surface area contributed by atoms with Gasteiger partial charge in [-0.05, 0) is 45.4 Å². The monoisotopic (exact) mass is 759 g/mol. The van der Waals surface area contributed by atoms with Gasteiger partial charge >= 0.3 is 0 Å². The Bertz CT molecular complexity index is 3310. The molecule has 0 amide bonds. The molecule has 1 aliphatic heterocycles. The maximum absolute atomic E-state index is 5.80. The molecule has 0 N–H and O–H groups in total. The fourth-order valence-corrected chi connectivity index (χ4v) is 15.7. The first-order valence-corrected chi connectivity index (χ1v) is 22.2. The van der Waals surface area contributed by atoms with E-state index in [1.807, 2.05) is 11.3 Å². The number of benzene rings is 8. The van der Waals surface area contributed by atoms with Crippen LogP contribution in [0.3, 0.4) is 0 Å². The average molecular weight is 760 g/mol. The number of nitrogens with zero attached hydrogens (tertiary/aromatic N) is 3. The van der Waals surface area contributed by atoms with Crippen LogP contribution in [-0.4, -0.2) is 22.6 Å². The molecular weight excluding hydrogens is 727 g/mol. The molecule has 3 nitrogen and oxygen atoms in total. The first-order valence-electron chi connectivity index (χ1n) is 19.4. The summed E-state index contributed by atoms with van der Waals surface area (Å²) in [6.07, 6.45) is 0. The number of thiophene rings is 1. The molecule has 5 heteroatoms. The minimum Gasteiger partial charge on any atom is -0.308 e. The highest BCUT2D eigenvalue weighted by Gasteiger charge is 2.51. The first-order chi connectivity index (χ1) is 28.3. The summed E-state index contributed by atoms with van der Waals surface area (Å²) in [5.74, 6) is 0.735. The topological polar surface area (TPSA) is 30.7 Å². The lowest BCUT2D eigenvalue weighted by atomic mass is 10.0. The Balaban J connectivity index is 1.16. The normalized spacial score (nSPS) is 13.1. The minimum atomic E-state index is -2.90. The third-order valence-electron chi connectivity index (χ3n) is 11.9. The van der Waals surface area contributed by atoms with E-state index in [-0.39, 0.29) is 0 Å². The summed E-state index contributed by atoms with van der Waals surface area (Å²) in [4.78, 5) is 11.4. The quantitative estimate of drug-likeness (QED) is 0.164. The standard InChI is InChI=1S/C52H33N3SSi/c1-4-17-34(18-5-1)48-47-43-27-12-15-30-46(43)57(37-21-6-2-7-22-37,38-23-8-3-9-24-38)52(47)54-51(53-48)35-19-16-20-36(33-35)55-44-28-13-10-25-39(44)41-31-32-42-40-26-11-14-29-45(40)56-50(42)49(41)55/h1-33H. The zero-order valence-corrected chi connectivity index (χ0v) is 32.6. The molecule has 8 aromatic carbocycles. The second-order valence-electron chi connectivity index (χ2n) is 14.9. The Morgan fingerprint density at radius 1 is 0.474 bits per heavy atom. The van der Waals surface area contributed by atoms with Gasteiger partial charge in [0.25, 0.3) is 0 Å². The van der Waals surface area contributed by atoms with Crippen molar-refractivity contribution in [2.24, 2.45) is 0 Å². The van der Waals surface area contributed by atoms with Crippen LogP contribution in [0.1, 0.15) is 0 Å². The van der Waals surface area contributed by atoms with Gasteiger partial charge in [-0.2, -0.15) is 0 Å². The van der Waals surface area contributed by atoms with Crippen LogP contribution >= 0.6 is 11.3 Å². The maximum Gasteiger partial charge on any atom is 0.203 e. The van der Waals surface area contributed by atoms with E-state index in [0.29, 0.717) is 0 Å². The predicted molar refractivity (Wildman–Crippen MR) is 243 cm³/mol. The number of hydrogen-bond donors (Lipinski definition) is 0. The summed E-state index contributed by atoms with van der Waals surface area (Å²) in [5.41, 5.74) is 8.93. The molecule has 1 aliphatic rings. The largest absolute Gasteiger partial charge is 0.308 e. The van der Waals surface area contributed by atoms with Gasteiger partial charge in [0.2, 0.25) is 8.07 Å². The highest BCUT2D eigenvalue weighted by atomic mass is 32.1. The number of aromatic nitrogens is 3. The van der Waals surface area contributed by atoms with Crippen molar-refractivity contribution in [2.75, 3.05) is 0 Å². The summed E-state index contributed by atoms with van der Waals surface area (Å²) < 4.78 is 5.06. The molecule has 0 spiro atoms. The van der Waals surface area contributed by atoms with Crippen molar-refractivity contribution in [3.63, 3.8) is 0 Å². The van der Waals surface area contributed by atoms with Crippen LogP contribution < -0.4 is 20.9 Å². The number of fused-ring (bicyclic) bond motifs is 10. The van der Waals surface area contributed by atoms with Gasteiger partial charge in [0.15, 0.2) is 5.82 Å². The van der Waals surface area contributed by atoms with Crippen molar-refractivity contribution in [1.82, 2.24) is 14.5 Å². The van der Waals surface area contributed by atoms with Gasteiger partial charge in [-0.25, -0.2) is 9.97 Å². The van der Waals surface area contributed by atoms with E-state index in [2.05, 4.69) is 205 Å². The smallest absolute Gasteiger partial charge is 0.203 e. The third kappa shape index (κ3) is 4.64. The second-order valence-corrected chi connectivity index (χ2v) is 19.6. The molecule has 3 aromatic heterocycles. The van der Waals surface area contributed by atoms with Crippen LogP contribution in [0.5, 0.6) is 0 Å². The number of rotatable bonds is 5. The van der Waals surface area contributed by atoms with Crippen LogP contribution in [0.15, 0.2) is 200 Å². The SMILES string of the molecule is c1ccc(-c2nc(-c3cccc(-n4c5ccccc5c5ccc6c7ccccc7sc6c54)c3)nc3c2-c2ccccc2[Si]3(c2ccccc2)c2ccccc2)cc1. The lowest BCUT2D eigenvalue weighted by Gasteiger charge is -2.30. The van der Waals surface area contributed by atoms with Crippen LogP contribution in [0.2, 0.25) is 0 Å². The molecular formula is C52H33N3SSi. The van der Waals surface area contributed by atoms with Crippen molar-refractivity contribution >= 4 is 82.3 Å². The molecule has 0 bridgehead atoms. The Morgan fingerprint density at radius 2 is 1.11 bits per heavy atom. The Labute approximate surface area is 334 Å². The van der Waals surface area contributed by atoms with Crippen LogP contribution in [0, 0.1) is 0 Å². The van der Waals surface area contributed by atoms with Crippen LogP contribution in [0.25, 0.3) is 81.4 Å². The molecule has 0 saturated carbocycles. The number of para-hydroxylation sites is 1. The molecule has 57 heavy (non-hydrogen) atoms. The van der Waals surface area contributed by atoms with Crippen molar-refractivity contribution in [3.8, 4) is 39.5 Å². The third-order valence-corrected chi connectivity index (χ3v) is 17.8. The van der Waals surface area contributed by atoms with Gasteiger partial charge in [0, 0.05) is 48.6 Å². The molecule has 0 radical (unpaired) electrons. The molecule has 266 valence electrons. The van der Waals surface area contributed by atoms with Crippen molar-refractivity contribution < 1.29 is 0 Å². The van der Waals surface area contributed by atoms with E-state index in [1.54, 1.807) is 0 Å². The predicted octanol–water partition coefficient (Wildman–Crippen LogP) is 10.6. The van der Waals surface area contributed by atoms with Crippen molar-refractivity contribution in [3.05, 3.63) is 200 Å². The Kier molecular flexibility index (Phi) is 7.12. The van der Waals surface area contributed by atoms with Gasteiger partial charge in [0.05, 0.1) is 26.7 Å². The maximum atomic E-state index is 5.80. The van der Waals surface area contributed by atoms with E-state index < -0.39 is 8.07 Å². The van der Waals surface area contributed by atoms with Crippen LogP contribution in [-0.2, 0) is 0 Å². The van der Waals surface area contributed by atoms with E-state index in [4.69, 9.17) is 9.97 Å². The average Bonchev–Trinajstić information content (AvgIpc) is 3.94. The van der Waals surface area contributed by atoms with Gasteiger partial charge in [0.1, 0.15) is 0 Å².